The Balaban J connectivity index is 2.29. The number of carbonyl (C=O) groups excluding carboxylic acids is 1. The molecule has 12 heavy (non-hydrogen) atoms. The second kappa shape index (κ2) is 4.87. The number of H-pyrrole nitrogens is 1. The van der Waals surface area contributed by atoms with E-state index in [4.69, 9.17) is 0 Å². The molecule has 0 saturated heterocycles. The number of nitrogens with zero attached hydrogens (tertiary/aromatic N) is 1. The molecular weight excluding hydrogens is 172 g/mol. The maximum atomic E-state index is 10.6. The molecule has 1 aromatic heterocycles. The summed E-state index contributed by atoms with van der Waals surface area (Å²) in [6.07, 6.45) is 4.16. The fourth-order valence-electron chi connectivity index (χ4n) is 0.681. The molecule has 0 bridgehead atoms. The first-order chi connectivity index (χ1) is 5.79. The van der Waals surface area contributed by atoms with Crippen molar-refractivity contribution in [2.24, 2.45) is 0 Å². The molecule has 0 aliphatic rings. The van der Waals surface area contributed by atoms with Gasteiger partial charge in [-0.25, -0.2) is 4.98 Å². The predicted molar refractivity (Wildman–Crippen MR) is 46.8 cm³/mol. The van der Waals surface area contributed by atoms with Gasteiger partial charge >= 0.3 is 5.16 Å². The highest BCUT2D eigenvalue weighted by molar-refractivity contribution is 7.99. The summed E-state index contributed by atoms with van der Waals surface area (Å²) in [4.78, 5) is 17.6. The molecule has 0 fully saturated rings. The van der Waals surface area contributed by atoms with Crippen LogP contribution in [-0.4, -0.2) is 16.5 Å². The van der Waals surface area contributed by atoms with Gasteiger partial charge in [-0.3, -0.25) is 4.79 Å². The van der Waals surface area contributed by atoms with E-state index in [0.717, 1.165) is 10.9 Å². The Morgan fingerprint density at radius 1 is 1.75 bits per heavy atom. The number of rotatable bonds is 4. The van der Waals surface area contributed by atoms with Crippen molar-refractivity contribution in [2.45, 2.75) is 18.5 Å². The third kappa shape index (κ3) is 3.48. The number of Topliss-reactive ketones (excluding diaryl/α,β-unsaturated/α-hetero) is 1. The highest BCUT2D eigenvalue weighted by Gasteiger charge is 2.03. The topological polar surface area (TPSA) is 44.1 Å². The molecular formula is C8H11N2OS+. The Hall–Kier alpha value is -0.900. The highest BCUT2D eigenvalue weighted by atomic mass is 32.2. The summed E-state index contributed by atoms with van der Waals surface area (Å²) in [7, 11) is 0. The number of carbonyl (C=O) groups is 1. The quantitative estimate of drug-likeness (QED) is 0.516. The van der Waals surface area contributed by atoms with Crippen molar-refractivity contribution in [3.8, 4) is 0 Å². The molecule has 64 valence electrons. The van der Waals surface area contributed by atoms with Gasteiger partial charge in [0.25, 0.3) is 0 Å². The summed E-state index contributed by atoms with van der Waals surface area (Å²) in [5.74, 6) is 1.02. The zero-order chi connectivity index (χ0) is 8.81. The van der Waals surface area contributed by atoms with Crippen molar-refractivity contribution in [1.82, 2.24) is 4.98 Å². The van der Waals surface area contributed by atoms with Crippen LogP contribution in [0, 0.1) is 0 Å². The minimum atomic E-state index is 0.221. The van der Waals surface area contributed by atoms with E-state index in [-0.39, 0.29) is 5.78 Å². The predicted octanol–water partition coefficient (Wildman–Crippen LogP) is 0.967. The van der Waals surface area contributed by atoms with Crippen LogP contribution in [-0.2, 0) is 4.79 Å². The Labute approximate surface area is 75.6 Å². The number of thioether (sulfide) groups is 1. The number of aromatic amines is 1. The van der Waals surface area contributed by atoms with Crippen LogP contribution in [0.3, 0.4) is 0 Å². The standard InChI is InChI=1S/C8H10N2OS/c1-7(11)3-6-12-8-9-4-2-5-10-8/h2,4-5H,3,6H2,1H3/p+1. The van der Waals surface area contributed by atoms with Crippen LogP contribution in [0.5, 0.6) is 0 Å². The molecule has 1 N–H and O–H groups in total. The van der Waals surface area contributed by atoms with Crippen LogP contribution in [0.4, 0.5) is 0 Å². The molecule has 0 aliphatic heterocycles. The third-order valence-electron chi connectivity index (χ3n) is 1.27. The van der Waals surface area contributed by atoms with Crippen molar-refractivity contribution in [2.75, 3.05) is 5.75 Å². The summed E-state index contributed by atoms with van der Waals surface area (Å²) in [5.41, 5.74) is 0. The van der Waals surface area contributed by atoms with E-state index < -0.39 is 0 Å². The Morgan fingerprint density at radius 3 is 3.17 bits per heavy atom. The van der Waals surface area contributed by atoms with E-state index in [1.165, 1.54) is 0 Å². The summed E-state index contributed by atoms with van der Waals surface area (Å²) in [5, 5.41) is 0.860. The molecule has 0 aromatic carbocycles. The molecule has 1 heterocycles. The summed E-state index contributed by atoms with van der Waals surface area (Å²) in [6, 6.07) is 1.83. The summed E-state index contributed by atoms with van der Waals surface area (Å²) < 4.78 is 0. The molecule has 4 heteroatoms. The van der Waals surface area contributed by atoms with Gasteiger partial charge in [-0.05, 0) is 23.7 Å². The number of hydrogen-bond donors (Lipinski definition) is 0. The van der Waals surface area contributed by atoms with Crippen molar-refractivity contribution < 1.29 is 9.78 Å². The van der Waals surface area contributed by atoms with Gasteiger partial charge in [-0.15, -0.1) is 0 Å². The minimum absolute atomic E-state index is 0.221. The molecule has 0 saturated carbocycles. The SMILES string of the molecule is CC(=O)CCSc1nccc[nH+]1. The lowest BCUT2D eigenvalue weighted by atomic mass is 10.4. The van der Waals surface area contributed by atoms with Gasteiger partial charge in [0.05, 0.1) is 6.20 Å². The largest absolute Gasteiger partial charge is 0.356 e. The summed E-state index contributed by atoms with van der Waals surface area (Å²) in [6.45, 7) is 1.60. The smallest absolute Gasteiger partial charge is 0.300 e. The summed E-state index contributed by atoms with van der Waals surface area (Å²) >= 11 is 1.56. The Bertz CT molecular complexity index is 250. The lowest BCUT2D eigenvalue weighted by Crippen LogP contribution is -2.07. The lowest BCUT2D eigenvalue weighted by Gasteiger charge is -1.90. The monoisotopic (exact) mass is 183 g/mol. The van der Waals surface area contributed by atoms with Gasteiger partial charge in [-0.2, -0.15) is 0 Å². The number of hydrogen-bond acceptors (Lipinski definition) is 3. The Kier molecular flexibility index (Phi) is 3.73. The van der Waals surface area contributed by atoms with E-state index in [9.17, 15) is 4.79 Å². The third-order valence-corrected chi connectivity index (χ3v) is 2.18. The molecule has 1 aromatic rings. The normalized spacial score (nSPS) is 9.75. The molecule has 0 radical (unpaired) electrons. The van der Waals surface area contributed by atoms with Crippen LogP contribution in [0.15, 0.2) is 23.6 Å². The van der Waals surface area contributed by atoms with Crippen LogP contribution in [0.1, 0.15) is 13.3 Å². The first-order valence-corrected chi connectivity index (χ1v) is 4.72. The maximum Gasteiger partial charge on any atom is 0.356 e. The van der Waals surface area contributed by atoms with Crippen molar-refractivity contribution in [3.63, 3.8) is 0 Å². The van der Waals surface area contributed by atoms with Crippen LogP contribution in [0.2, 0.25) is 0 Å². The zero-order valence-corrected chi connectivity index (χ0v) is 7.73. The molecule has 1 rings (SSSR count). The highest BCUT2D eigenvalue weighted by Crippen LogP contribution is 2.09. The Morgan fingerprint density at radius 2 is 2.58 bits per heavy atom. The van der Waals surface area contributed by atoms with Crippen molar-refractivity contribution >= 4 is 17.5 Å². The number of ketones is 1. The molecule has 3 nitrogen and oxygen atoms in total. The van der Waals surface area contributed by atoms with Gasteiger partial charge in [0.1, 0.15) is 12.0 Å². The van der Waals surface area contributed by atoms with E-state index >= 15 is 0 Å². The fraction of sp³-hybridized carbons (Fsp3) is 0.375. The molecule has 0 amide bonds. The van der Waals surface area contributed by atoms with Crippen LogP contribution in [0.25, 0.3) is 0 Å². The second-order valence-corrected chi connectivity index (χ2v) is 3.47. The van der Waals surface area contributed by atoms with Gasteiger partial charge in [-0.1, -0.05) is 0 Å². The van der Waals surface area contributed by atoms with Crippen LogP contribution >= 0.6 is 11.8 Å². The minimum Gasteiger partial charge on any atom is -0.300 e. The number of nitrogens with one attached hydrogen (secondary N) is 1. The molecule has 0 spiro atoms. The second-order valence-electron chi connectivity index (χ2n) is 2.39. The van der Waals surface area contributed by atoms with E-state index in [2.05, 4.69) is 9.97 Å². The first-order valence-electron chi connectivity index (χ1n) is 3.74. The first kappa shape index (κ1) is 9.19. The van der Waals surface area contributed by atoms with Crippen molar-refractivity contribution in [3.05, 3.63) is 18.5 Å². The number of aromatic nitrogens is 2. The van der Waals surface area contributed by atoms with Gasteiger partial charge in [0.15, 0.2) is 0 Å². The van der Waals surface area contributed by atoms with Crippen LogP contribution < -0.4 is 4.98 Å². The fourth-order valence-corrected chi connectivity index (χ4v) is 1.55. The van der Waals surface area contributed by atoms with Gasteiger partial charge < -0.3 is 0 Å². The molecule has 0 unspecified atom stereocenters. The molecule has 0 atom stereocenters. The van der Waals surface area contributed by atoms with E-state index in [1.54, 1.807) is 24.9 Å². The van der Waals surface area contributed by atoms with Crippen molar-refractivity contribution in [1.29, 1.82) is 0 Å². The van der Waals surface area contributed by atoms with Gasteiger partial charge in [0, 0.05) is 18.2 Å². The average molecular weight is 183 g/mol. The zero-order valence-electron chi connectivity index (χ0n) is 6.91. The maximum absolute atomic E-state index is 10.6. The van der Waals surface area contributed by atoms with E-state index in [1.807, 2.05) is 12.3 Å². The van der Waals surface area contributed by atoms with E-state index in [0.29, 0.717) is 6.42 Å². The van der Waals surface area contributed by atoms with Gasteiger partial charge in [0.2, 0.25) is 0 Å². The average Bonchev–Trinajstić information content (AvgIpc) is 2.05. The lowest BCUT2D eigenvalue weighted by molar-refractivity contribution is -0.433. The molecule has 0 aliphatic carbocycles.